The Morgan fingerprint density at radius 1 is 0.600 bits per heavy atom. The van der Waals surface area contributed by atoms with Crippen LogP contribution in [0.5, 0.6) is 0 Å². The molecule has 12 nitrogen and oxygen atoms in total. The highest BCUT2D eigenvalue weighted by molar-refractivity contribution is 7.99. The Balaban J connectivity index is -0.000000128. The van der Waals surface area contributed by atoms with Gasteiger partial charge in [0.05, 0.1) is 19.7 Å². The van der Waals surface area contributed by atoms with E-state index in [0.29, 0.717) is 18.6 Å². The summed E-state index contributed by atoms with van der Waals surface area (Å²) >= 11 is 1.73. The van der Waals surface area contributed by atoms with Crippen LogP contribution >= 0.6 is 11.8 Å². The number of hydrogen-bond acceptors (Lipinski definition) is 13. The van der Waals surface area contributed by atoms with Gasteiger partial charge in [-0.2, -0.15) is 0 Å². The second kappa shape index (κ2) is 37.5. The van der Waals surface area contributed by atoms with E-state index in [1.807, 2.05) is 47.8 Å². The molecule has 0 saturated carbocycles. The number of carbonyl (C=O) groups excluding carboxylic acids is 3. The molecule has 244 valence electrons. The van der Waals surface area contributed by atoms with Gasteiger partial charge in [-0.15, -0.1) is 11.8 Å². The molecule has 0 aromatic heterocycles. The van der Waals surface area contributed by atoms with Crippen LogP contribution in [0.25, 0.3) is 0 Å². The van der Waals surface area contributed by atoms with Crippen LogP contribution in [0.15, 0.2) is 0 Å². The first kappa shape index (κ1) is 48.3. The Hall–Kier alpha value is -1.48. The minimum atomic E-state index is -0.444. The SMILES string of the molecule is CCOC(C)C(=O)OC.CCOC(C)OC.CCOC(C)OC(C)=O.CCOC(C)SC.COC(=O)C(C)OC. The van der Waals surface area contributed by atoms with Gasteiger partial charge in [0.2, 0.25) is 0 Å². The van der Waals surface area contributed by atoms with E-state index in [9.17, 15) is 14.4 Å². The number of esters is 3. The Bertz CT molecular complexity index is 540. The minimum absolute atomic E-state index is 0.0509. The second-order valence-corrected chi connectivity index (χ2v) is 8.31. The van der Waals surface area contributed by atoms with Gasteiger partial charge >= 0.3 is 17.9 Å². The van der Waals surface area contributed by atoms with E-state index in [2.05, 4.69) is 18.9 Å². The van der Waals surface area contributed by atoms with Gasteiger partial charge in [0.15, 0.2) is 24.8 Å². The van der Waals surface area contributed by atoms with Gasteiger partial charge in [-0.3, -0.25) is 4.79 Å². The van der Waals surface area contributed by atoms with Crippen LogP contribution in [0.4, 0.5) is 0 Å². The van der Waals surface area contributed by atoms with Crippen molar-refractivity contribution in [1.82, 2.24) is 0 Å². The van der Waals surface area contributed by atoms with Crippen LogP contribution in [0.1, 0.15) is 69.2 Å². The van der Waals surface area contributed by atoms with Crippen LogP contribution in [-0.2, 0) is 57.0 Å². The van der Waals surface area contributed by atoms with E-state index < -0.39 is 18.5 Å². The van der Waals surface area contributed by atoms with E-state index in [0.717, 1.165) is 13.2 Å². The smallest absolute Gasteiger partial charge is 0.334 e. The zero-order valence-electron chi connectivity index (χ0n) is 27.5. The summed E-state index contributed by atoms with van der Waals surface area (Å²) in [5.74, 6) is -0.972. The second-order valence-electron chi connectivity index (χ2n) is 7.17. The van der Waals surface area contributed by atoms with Gasteiger partial charge in [0.25, 0.3) is 0 Å². The molecule has 0 bridgehead atoms. The first-order valence-corrected chi connectivity index (χ1v) is 14.4. The lowest BCUT2D eigenvalue weighted by atomic mass is 10.4. The molecular weight excluding hydrogens is 548 g/mol. The summed E-state index contributed by atoms with van der Waals surface area (Å²) < 4.78 is 42.7. The monoisotopic (exact) mass is 606 g/mol. The highest BCUT2D eigenvalue weighted by atomic mass is 32.2. The van der Waals surface area contributed by atoms with Crippen LogP contribution in [0.2, 0.25) is 0 Å². The van der Waals surface area contributed by atoms with Crippen molar-refractivity contribution in [3.63, 3.8) is 0 Å². The maximum atomic E-state index is 10.6. The molecule has 0 amide bonds. The summed E-state index contributed by atoms with van der Waals surface area (Å²) in [4.78, 5) is 31.2. The molecule has 40 heavy (non-hydrogen) atoms. The molecule has 0 fully saturated rings. The lowest BCUT2D eigenvalue weighted by Crippen LogP contribution is -2.21. The maximum Gasteiger partial charge on any atom is 0.334 e. The van der Waals surface area contributed by atoms with Gasteiger partial charge in [0.1, 0.15) is 0 Å². The molecular formula is C27H58O12S. The van der Waals surface area contributed by atoms with Crippen molar-refractivity contribution < 1.29 is 57.0 Å². The third-order valence-corrected chi connectivity index (χ3v) is 4.84. The fourth-order valence-corrected chi connectivity index (χ4v) is 2.13. The summed E-state index contributed by atoms with van der Waals surface area (Å²) in [5, 5.41) is 0. The molecule has 0 rings (SSSR count). The van der Waals surface area contributed by atoms with Gasteiger partial charge in [-0.25, -0.2) is 9.59 Å². The topological polar surface area (TPSA) is 134 Å². The molecule has 0 N–H and O–H groups in total. The minimum Gasteiger partial charge on any atom is -0.467 e. The Morgan fingerprint density at radius 3 is 1.23 bits per heavy atom. The predicted molar refractivity (Wildman–Crippen MR) is 157 cm³/mol. The van der Waals surface area contributed by atoms with E-state index in [1.165, 1.54) is 28.3 Å². The zero-order chi connectivity index (χ0) is 32.5. The molecule has 5 unspecified atom stereocenters. The standard InChI is InChI=1S/2C6H12O3.C5H10O3.C5H12O2.C5H12OS/c1-4-9-5(2)6(7)8-3;1-4-8-6(3)9-5(2)7;1-4(7-2)5(6)8-3;1-4-7-5(2)6-3;1-4-6-5(2)7-3/h5H,4H2,1-3H3;6H,4H2,1-3H3;4H,1-3H3;2*5H,4H2,1-3H3. The van der Waals surface area contributed by atoms with Gasteiger partial charge < -0.3 is 42.6 Å². The van der Waals surface area contributed by atoms with Crippen molar-refractivity contribution in [3.8, 4) is 0 Å². The summed E-state index contributed by atoms with van der Waals surface area (Å²) in [6.45, 7) is 20.5. The molecule has 0 aromatic rings. The van der Waals surface area contributed by atoms with Crippen molar-refractivity contribution in [2.45, 2.75) is 99.5 Å². The third kappa shape index (κ3) is 43.6. The lowest BCUT2D eigenvalue weighted by molar-refractivity contribution is -0.171. The van der Waals surface area contributed by atoms with Gasteiger partial charge in [-0.1, -0.05) is 0 Å². The fourth-order valence-electron chi connectivity index (χ4n) is 1.85. The number of carbonyl (C=O) groups is 3. The molecule has 0 saturated heterocycles. The Morgan fingerprint density at radius 2 is 1.00 bits per heavy atom. The highest BCUT2D eigenvalue weighted by Crippen LogP contribution is 2.04. The number of thioether (sulfide) groups is 1. The van der Waals surface area contributed by atoms with E-state index in [-0.39, 0.29) is 24.2 Å². The van der Waals surface area contributed by atoms with Crippen molar-refractivity contribution in [3.05, 3.63) is 0 Å². The summed E-state index contributed by atoms with van der Waals surface area (Å²) in [6.07, 6.45) is 0.706. The Labute approximate surface area is 247 Å². The number of ether oxygens (including phenoxy) is 9. The number of hydrogen-bond donors (Lipinski definition) is 0. The number of methoxy groups -OCH3 is 4. The largest absolute Gasteiger partial charge is 0.467 e. The first-order valence-electron chi connectivity index (χ1n) is 13.1. The zero-order valence-corrected chi connectivity index (χ0v) is 28.3. The fraction of sp³-hybridized carbons (Fsp3) is 0.889. The lowest BCUT2D eigenvalue weighted by Gasteiger charge is -2.09. The molecule has 0 aliphatic heterocycles. The Kier molecular flexibility index (Phi) is 45.3. The molecule has 0 heterocycles. The van der Waals surface area contributed by atoms with Crippen molar-refractivity contribution >= 4 is 29.7 Å². The third-order valence-electron chi connectivity index (χ3n) is 4.04. The normalized spacial score (nSPS) is 13.3. The molecule has 5 atom stereocenters. The molecule has 0 aliphatic carbocycles. The van der Waals surface area contributed by atoms with Crippen molar-refractivity contribution in [2.75, 3.05) is 61.1 Å². The van der Waals surface area contributed by atoms with Gasteiger partial charge in [0, 0.05) is 47.6 Å². The van der Waals surface area contributed by atoms with Crippen molar-refractivity contribution in [2.24, 2.45) is 0 Å². The van der Waals surface area contributed by atoms with Crippen LogP contribution in [0, 0.1) is 0 Å². The van der Waals surface area contributed by atoms with E-state index in [1.54, 1.807) is 39.6 Å². The first-order chi connectivity index (χ1) is 18.7. The average molecular weight is 607 g/mol. The van der Waals surface area contributed by atoms with E-state index >= 15 is 0 Å². The quantitative estimate of drug-likeness (QED) is 0.157. The van der Waals surface area contributed by atoms with Crippen LogP contribution in [-0.4, -0.2) is 109 Å². The molecule has 13 heteroatoms. The van der Waals surface area contributed by atoms with Gasteiger partial charge in [-0.05, 0) is 68.6 Å². The maximum absolute atomic E-state index is 10.6. The summed E-state index contributed by atoms with van der Waals surface area (Å²) in [7, 11) is 5.76. The van der Waals surface area contributed by atoms with Crippen LogP contribution < -0.4 is 0 Å². The molecule has 0 aliphatic rings. The van der Waals surface area contributed by atoms with Crippen LogP contribution in [0.3, 0.4) is 0 Å². The number of rotatable bonds is 14. The van der Waals surface area contributed by atoms with E-state index in [4.69, 9.17) is 23.7 Å². The van der Waals surface area contributed by atoms with Crippen molar-refractivity contribution in [1.29, 1.82) is 0 Å². The summed E-state index contributed by atoms with van der Waals surface area (Å²) in [5.41, 5.74) is 0.366. The predicted octanol–water partition coefficient (Wildman–Crippen LogP) is 4.46. The molecule has 0 spiro atoms. The average Bonchev–Trinajstić information content (AvgIpc) is 2.93. The highest BCUT2D eigenvalue weighted by Gasteiger charge is 2.11. The molecule has 0 aromatic carbocycles. The molecule has 0 radical (unpaired) electrons. The summed E-state index contributed by atoms with van der Waals surface area (Å²) in [6, 6.07) is 0.